The Hall–Kier alpha value is -3.14. The highest BCUT2D eigenvalue weighted by Crippen LogP contribution is 2.29. The van der Waals surface area contributed by atoms with Crippen LogP contribution < -0.4 is 9.47 Å². The average molecular weight is 361 g/mol. The van der Waals surface area contributed by atoms with Gasteiger partial charge in [-0.25, -0.2) is 0 Å². The van der Waals surface area contributed by atoms with Gasteiger partial charge in [-0.15, -0.1) is 0 Å². The number of methoxy groups -OCH3 is 1. The number of esters is 1. The maximum atomic E-state index is 12.3. The Balaban J connectivity index is 1.85. The summed E-state index contributed by atoms with van der Waals surface area (Å²) in [6.07, 6.45) is 0.685. The quantitative estimate of drug-likeness (QED) is 0.668. The Bertz CT molecular complexity index is 785. The topological polar surface area (TPSA) is 68.5 Å². The van der Waals surface area contributed by atoms with Gasteiger partial charge in [0.25, 0.3) is 0 Å². The second-order valence-corrected chi connectivity index (χ2v) is 5.33. The van der Waals surface area contributed by atoms with E-state index in [2.05, 4.69) is 4.74 Å². The average Bonchev–Trinajstić information content (AvgIpc) is 2.65. The zero-order valence-corrected chi connectivity index (χ0v) is 14.1. The van der Waals surface area contributed by atoms with Crippen LogP contribution in [-0.4, -0.2) is 19.7 Å². The van der Waals surface area contributed by atoms with Crippen molar-refractivity contribution in [2.24, 2.45) is 0 Å². The standard InChI is InChI=1S/C19H17F2NO4/c1-24-17-10-15(6-8-16(17)26-19(20)21)12-25-18(23)9-7-13-2-4-14(11-22)5-3-13/h2-6,8,10,19H,7,9,12H2,1H3. The molecule has 5 nitrogen and oxygen atoms in total. The highest BCUT2D eigenvalue weighted by atomic mass is 19.3. The summed E-state index contributed by atoms with van der Waals surface area (Å²) in [4.78, 5) is 11.9. The van der Waals surface area contributed by atoms with Gasteiger partial charge in [0, 0.05) is 6.42 Å². The monoisotopic (exact) mass is 361 g/mol. The lowest BCUT2D eigenvalue weighted by Gasteiger charge is -2.11. The van der Waals surface area contributed by atoms with Crippen molar-refractivity contribution in [2.75, 3.05) is 7.11 Å². The van der Waals surface area contributed by atoms with E-state index in [1.807, 2.05) is 6.07 Å². The van der Waals surface area contributed by atoms with E-state index in [-0.39, 0.29) is 30.5 Å². The van der Waals surface area contributed by atoms with E-state index in [0.717, 1.165) is 5.56 Å². The van der Waals surface area contributed by atoms with Crippen LogP contribution in [0.5, 0.6) is 11.5 Å². The number of aryl methyl sites for hydroxylation is 1. The second kappa shape index (κ2) is 9.37. The molecule has 0 heterocycles. The van der Waals surface area contributed by atoms with Crippen LogP contribution in [0.3, 0.4) is 0 Å². The number of ether oxygens (including phenoxy) is 3. The van der Waals surface area contributed by atoms with E-state index in [9.17, 15) is 13.6 Å². The summed E-state index contributed by atoms with van der Waals surface area (Å²) in [7, 11) is 1.33. The number of rotatable bonds is 8. The van der Waals surface area contributed by atoms with Crippen LogP contribution in [0, 0.1) is 11.3 Å². The maximum absolute atomic E-state index is 12.3. The molecule has 0 fully saturated rings. The van der Waals surface area contributed by atoms with Gasteiger partial charge in [0.1, 0.15) is 6.61 Å². The van der Waals surface area contributed by atoms with E-state index in [4.69, 9.17) is 14.7 Å². The zero-order chi connectivity index (χ0) is 18.9. The lowest BCUT2D eigenvalue weighted by molar-refractivity contribution is -0.144. The number of alkyl halides is 2. The molecule has 136 valence electrons. The molecule has 7 heteroatoms. The molecule has 0 aromatic heterocycles. The van der Waals surface area contributed by atoms with E-state index in [1.165, 1.54) is 25.3 Å². The Morgan fingerprint density at radius 3 is 2.42 bits per heavy atom. The molecule has 0 saturated heterocycles. The number of hydrogen-bond acceptors (Lipinski definition) is 5. The van der Waals surface area contributed by atoms with Gasteiger partial charge in [-0.3, -0.25) is 4.79 Å². The molecule has 0 spiro atoms. The molecule has 26 heavy (non-hydrogen) atoms. The van der Waals surface area contributed by atoms with Gasteiger partial charge >= 0.3 is 12.6 Å². The maximum Gasteiger partial charge on any atom is 0.387 e. The van der Waals surface area contributed by atoms with Crippen molar-refractivity contribution < 1.29 is 27.8 Å². The molecule has 2 rings (SSSR count). The second-order valence-electron chi connectivity index (χ2n) is 5.33. The minimum absolute atomic E-state index is 0.00246. The van der Waals surface area contributed by atoms with Gasteiger partial charge < -0.3 is 14.2 Å². The minimum Gasteiger partial charge on any atom is -0.493 e. The number of halogens is 2. The molecule has 0 amide bonds. The fourth-order valence-electron chi connectivity index (χ4n) is 2.22. The molecule has 0 atom stereocenters. The number of carbonyl (C=O) groups is 1. The van der Waals surface area contributed by atoms with Crippen molar-refractivity contribution in [1.29, 1.82) is 5.26 Å². The van der Waals surface area contributed by atoms with Gasteiger partial charge in [0.05, 0.1) is 18.7 Å². The fourth-order valence-corrected chi connectivity index (χ4v) is 2.22. The summed E-state index contributed by atoms with van der Waals surface area (Å²) in [5.41, 5.74) is 2.08. The first-order chi connectivity index (χ1) is 12.5. The van der Waals surface area contributed by atoms with Crippen molar-refractivity contribution in [3.63, 3.8) is 0 Å². The van der Waals surface area contributed by atoms with Crippen LogP contribution in [0.2, 0.25) is 0 Å². The molecule has 0 N–H and O–H groups in total. The summed E-state index contributed by atoms with van der Waals surface area (Å²) in [6, 6.07) is 13.3. The SMILES string of the molecule is COc1cc(COC(=O)CCc2ccc(C#N)cc2)ccc1OC(F)F. The smallest absolute Gasteiger partial charge is 0.387 e. The normalized spacial score (nSPS) is 10.3. The largest absolute Gasteiger partial charge is 0.493 e. The number of carbonyl (C=O) groups excluding carboxylic acids is 1. The van der Waals surface area contributed by atoms with E-state index in [0.29, 0.717) is 17.5 Å². The van der Waals surface area contributed by atoms with Crippen LogP contribution in [0.4, 0.5) is 8.78 Å². The van der Waals surface area contributed by atoms with Crippen molar-refractivity contribution in [2.45, 2.75) is 26.1 Å². The lowest BCUT2D eigenvalue weighted by atomic mass is 10.1. The molecule has 2 aromatic rings. The van der Waals surface area contributed by atoms with Crippen molar-refractivity contribution in [3.8, 4) is 17.6 Å². The summed E-state index contributed by atoms with van der Waals surface area (Å²) >= 11 is 0. The molecule has 0 aliphatic rings. The molecule has 0 bridgehead atoms. The summed E-state index contributed by atoms with van der Waals surface area (Å²) < 4.78 is 39.1. The minimum atomic E-state index is -2.95. The van der Waals surface area contributed by atoms with Gasteiger partial charge in [-0.05, 0) is 41.8 Å². The van der Waals surface area contributed by atoms with Gasteiger partial charge in [-0.2, -0.15) is 14.0 Å². The van der Waals surface area contributed by atoms with Crippen molar-refractivity contribution in [1.82, 2.24) is 0 Å². The van der Waals surface area contributed by atoms with Crippen LogP contribution in [0.1, 0.15) is 23.1 Å². The number of benzene rings is 2. The number of nitriles is 1. The molecule has 0 unspecified atom stereocenters. The van der Waals surface area contributed by atoms with Gasteiger partial charge in [0.15, 0.2) is 11.5 Å². The molecule has 0 aliphatic heterocycles. The molecular weight excluding hydrogens is 344 g/mol. The van der Waals surface area contributed by atoms with E-state index in [1.54, 1.807) is 24.3 Å². The molecule has 0 saturated carbocycles. The summed E-state index contributed by atoms with van der Waals surface area (Å²) in [6.45, 7) is -2.95. The summed E-state index contributed by atoms with van der Waals surface area (Å²) in [5.74, 6) is -0.337. The Labute approximate surface area is 149 Å². The van der Waals surface area contributed by atoms with Crippen molar-refractivity contribution in [3.05, 3.63) is 59.2 Å². The predicted octanol–water partition coefficient (Wildman–Crippen LogP) is 3.84. The van der Waals surface area contributed by atoms with Crippen LogP contribution in [0.15, 0.2) is 42.5 Å². The first-order valence-electron chi connectivity index (χ1n) is 7.78. The Morgan fingerprint density at radius 2 is 1.81 bits per heavy atom. The third-order valence-corrected chi connectivity index (χ3v) is 3.54. The lowest BCUT2D eigenvalue weighted by Crippen LogP contribution is -2.07. The van der Waals surface area contributed by atoms with Crippen LogP contribution in [0.25, 0.3) is 0 Å². The van der Waals surface area contributed by atoms with Crippen LogP contribution in [-0.2, 0) is 22.6 Å². The summed E-state index contributed by atoms with van der Waals surface area (Å²) in [5, 5.41) is 8.74. The van der Waals surface area contributed by atoms with Gasteiger partial charge in [0.2, 0.25) is 0 Å². The molecule has 0 aliphatic carbocycles. The first kappa shape index (κ1) is 19.2. The van der Waals surface area contributed by atoms with E-state index < -0.39 is 6.61 Å². The fraction of sp³-hybridized carbons (Fsp3) is 0.263. The van der Waals surface area contributed by atoms with Crippen molar-refractivity contribution >= 4 is 5.97 Å². The molecule has 2 aromatic carbocycles. The highest BCUT2D eigenvalue weighted by molar-refractivity contribution is 5.69. The number of hydrogen-bond donors (Lipinski definition) is 0. The first-order valence-corrected chi connectivity index (χ1v) is 7.78. The Morgan fingerprint density at radius 1 is 1.12 bits per heavy atom. The number of nitrogens with zero attached hydrogens (tertiary/aromatic N) is 1. The molecule has 0 radical (unpaired) electrons. The van der Waals surface area contributed by atoms with Gasteiger partial charge in [-0.1, -0.05) is 18.2 Å². The van der Waals surface area contributed by atoms with E-state index >= 15 is 0 Å². The molecular formula is C19H17F2NO4. The predicted molar refractivity (Wildman–Crippen MR) is 88.9 cm³/mol. The third kappa shape index (κ3) is 5.74. The zero-order valence-electron chi connectivity index (χ0n) is 14.1. The highest BCUT2D eigenvalue weighted by Gasteiger charge is 2.12. The Kier molecular flexibility index (Phi) is 6.92. The van der Waals surface area contributed by atoms with Crippen LogP contribution >= 0.6 is 0 Å². The third-order valence-electron chi connectivity index (χ3n) is 3.54.